The van der Waals surface area contributed by atoms with Crippen LogP contribution in [0.3, 0.4) is 0 Å². The molecule has 68 valence electrons. The van der Waals surface area contributed by atoms with Crippen molar-refractivity contribution in [3.63, 3.8) is 0 Å². The number of rotatable bonds is 1. The molecule has 0 amide bonds. The molecule has 0 saturated carbocycles. The number of ether oxygens (including phenoxy) is 1. The summed E-state index contributed by atoms with van der Waals surface area (Å²) in [5, 5.41) is 8.13. The van der Waals surface area contributed by atoms with E-state index in [9.17, 15) is 0 Å². The maximum absolute atomic E-state index is 5.26. The minimum atomic E-state index is 0.923. The van der Waals surface area contributed by atoms with Gasteiger partial charge in [-0.15, -0.1) is 0 Å². The van der Waals surface area contributed by atoms with Gasteiger partial charge in [0.1, 0.15) is 5.75 Å². The summed E-state index contributed by atoms with van der Waals surface area (Å²) < 4.78 is 5.26. The highest BCUT2D eigenvalue weighted by atomic mass is 16.5. The van der Waals surface area contributed by atoms with Crippen LogP contribution >= 0.6 is 0 Å². The molecule has 0 atom stereocenters. The summed E-state index contributed by atoms with van der Waals surface area (Å²) in [6, 6.07) is 2.02. The molecular formula is C10H12N2O. The lowest BCUT2D eigenvalue weighted by Gasteiger charge is -2.06. The standard InChI is InChI=1S/C10H12N2O/c1-6-4-9(13-3)7(2)8-5-11-12-10(6)8/h4-5H,1-3H3,(H,11,12). The number of nitrogens with zero attached hydrogens (tertiary/aromatic N) is 1. The summed E-state index contributed by atoms with van der Waals surface area (Å²) in [5.74, 6) is 0.923. The largest absolute Gasteiger partial charge is 0.496 e. The molecule has 0 unspecified atom stereocenters. The van der Waals surface area contributed by atoms with Gasteiger partial charge in [0, 0.05) is 10.9 Å². The molecule has 1 aromatic heterocycles. The van der Waals surface area contributed by atoms with Crippen LogP contribution in [0.2, 0.25) is 0 Å². The minimum Gasteiger partial charge on any atom is -0.496 e. The van der Waals surface area contributed by atoms with Crippen molar-refractivity contribution in [3.8, 4) is 5.75 Å². The van der Waals surface area contributed by atoms with Crippen LogP contribution in [0.1, 0.15) is 11.1 Å². The number of methoxy groups -OCH3 is 1. The Morgan fingerprint density at radius 1 is 1.38 bits per heavy atom. The number of H-pyrrole nitrogens is 1. The van der Waals surface area contributed by atoms with Crippen molar-refractivity contribution >= 4 is 10.9 Å². The fourth-order valence-electron chi connectivity index (χ4n) is 1.59. The molecule has 0 saturated heterocycles. The van der Waals surface area contributed by atoms with Gasteiger partial charge in [-0.2, -0.15) is 5.10 Å². The molecule has 0 aliphatic carbocycles. The normalized spacial score (nSPS) is 10.7. The van der Waals surface area contributed by atoms with Crippen molar-refractivity contribution < 1.29 is 4.74 Å². The van der Waals surface area contributed by atoms with Gasteiger partial charge in [0.2, 0.25) is 0 Å². The molecule has 0 aliphatic heterocycles. The summed E-state index contributed by atoms with van der Waals surface area (Å²) in [5.41, 5.74) is 3.39. The molecule has 3 heteroatoms. The summed E-state index contributed by atoms with van der Waals surface area (Å²) >= 11 is 0. The van der Waals surface area contributed by atoms with Crippen molar-refractivity contribution in [2.75, 3.05) is 7.11 Å². The average Bonchev–Trinajstić information content (AvgIpc) is 2.60. The van der Waals surface area contributed by atoms with Gasteiger partial charge in [-0.05, 0) is 25.5 Å². The monoisotopic (exact) mass is 176 g/mol. The summed E-state index contributed by atoms with van der Waals surface area (Å²) in [7, 11) is 1.69. The van der Waals surface area contributed by atoms with Gasteiger partial charge in [0.05, 0.1) is 18.8 Å². The first-order valence-corrected chi connectivity index (χ1v) is 4.21. The fraction of sp³-hybridized carbons (Fsp3) is 0.300. The van der Waals surface area contributed by atoms with Crippen molar-refractivity contribution in [2.45, 2.75) is 13.8 Å². The molecular weight excluding hydrogens is 164 g/mol. The molecule has 13 heavy (non-hydrogen) atoms. The molecule has 0 radical (unpaired) electrons. The van der Waals surface area contributed by atoms with Crippen molar-refractivity contribution in [1.82, 2.24) is 10.2 Å². The lowest BCUT2D eigenvalue weighted by molar-refractivity contribution is 0.412. The Balaban J connectivity index is 2.85. The predicted molar refractivity (Wildman–Crippen MR) is 52.1 cm³/mol. The van der Waals surface area contributed by atoms with Gasteiger partial charge < -0.3 is 4.74 Å². The first kappa shape index (κ1) is 8.10. The number of hydrogen-bond acceptors (Lipinski definition) is 2. The fourth-order valence-corrected chi connectivity index (χ4v) is 1.59. The maximum Gasteiger partial charge on any atom is 0.122 e. The van der Waals surface area contributed by atoms with Crippen LogP contribution < -0.4 is 4.74 Å². The number of aromatic nitrogens is 2. The van der Waals surface area contributed by atoms with E-state index in [1.54, 1.807) is 7.11 Å². The van der Waals surface area contributed by atoms with E-state index in [0.717, 1.165) is 27.8 Å². The zero-order valence-corrected chi connectivity index (χ0v) is 8.01. The Bertz CT molecular complexity index is 445. The topological polar surface area (TPSA) is 37.9 Å². The van der Waals surface area contributed by atoms with E-state index in [0.29, 0.717) is 0 Å². The Hall–Kier alpha value is -1.51. The maximum atomic E-state index is 5.26. The van der Waals surface area contributed by atoms with Gasteiger partial charge in [-0.1, -0.05) is 0 Å². The Morgan fingerprint density at radius 2 is 2.15 bits per heavy atom. The summed E-state index contributed by atoms with van der Waals surface area (Å²) in [6.45, 7) is 4.08. The minimum absolute atomic E-state index is 0.923. The second-order valence-electron chi connectivity index (χ2n) is 3.18. The van der Waals surface area contributed by atoms with Crippen molar-refractivity contribution in [3.05, 3.63) is 23.4 Å². The second kappa shape index (κ2) is 2.76. The number of hydrogen-bond donors (Lipinski definition) is 1. The van der Waals surface area contributed by atoms with E-state index in [4.69, 9.17) is 4.74 Å². The van der Waals surface area contributed by atoms with Crippen molar-refractivity contribution in [1.29, 1.82) is 0 Å². The number of aromatic amines is 1. The van der Waals surface area contributed by atoms with Crippen molar-refractivity contribution in [2.24, 2.45) is 0 Å². The zero-order valence-electron chi connectivity index (χ0n) is 8.01. The molecule has 3 nitrogen and oxygen atoms in total. The second-order valence-corrected chi connectivity index (χ2v) is 3.18. The number of fused-ring (bicyclic) bond motifs is 1. The van der Waals surface area contributed by atoms with E-state index in [1.165, 1.54) is 0 Å². The van der Waals surface area contributed by atoms with Crippen LogP contribution in [0.4, 0.5) is 0 Å². The van der Waals surface area contributed by atoms with E-state index in [2.05, 4.69) is 10.2 Å². The highest BCUT2D eigenvalue weighted by Gasteiger charge is 2.07. The third kappa shape index (κ3) is 1.08. The van der Waals surface area contributed by atoms with Gasteiger partial charge in [0.25, 0.3) is 0 Å². The van der Waals surface area contributed by atoms with E-state index >= 15 is 0 Å². The molecule has 1 N–H and O–H groups in total. The number of nitrogens with one attached hydrogen (secondary N) is 1. The number of aryl methyl sites for hydroxylation is 2. The van der Waals surface area contributed by atoms with Crippen LogP contribution in [0, 0.1) is 13.8 Å². The van der Waals surface area contributed by atoms with Crippen LogP contribution in [0.5, 0.6) is 5.75 Å². The van der Waals surface area contributed by atoms with E-state index in [-0.39, 0.29) is 0 Å². The van der Waals surface area contributed by atoms with Crippen LogP contribution in [0.25, 0.3) is 10.9 Å². The molecule has 2 aromatic rings. The smallest absolute Gasteiger partial charge is 0.122 e. The third-order valence-corrected chi connectivity index (χ3v) is 2.37. The SMILES string of the molecule is COc1cc(C)c2[nH]ncc2c1C. The zero-order chi connectivity index (χ0) is 9.42. The molecule has 0 fully saturated rings. The summed E-state index contributed by atoms with van der Waals surface area (Å²) in [6.07, 6.45) is 1.83. The third-order valence-electron chi connectivity index (χ3n) is 2.37. The van der Waals surface area contributed by atoms with Gasteiger partial charge in [-0.3, -0.25) is 5.10 Å². The molecule has 2 rings (SSSR count). The predicted octanol–water partition coefficient (Wildman–Crippen LogP) is 2.19. The highest BCUT2D eigenvalue weighted by molar-refractivity contribution is 5.86. The van der Waals surface area contributed by atoms with E-state index in [1.807, 2.05) is 26.1 Å². The van der Waals surface area contributed by atoms with Gasteiger partial charge in [-0.25, -0.2) is 0 Å². The Labute approximate surface area is 76.7 Å². The lowest BCUT2D eigenvalue weighted by atomic mass is 10.1. The molecule has 0 bridgehead atoms. The van der Waals surface area contributed by atoms with Crippen LogP contribution in [-0.2, 0) is 0 Å². The first-order valence-electron chi connectivity index (χ1n) is 4.21. The van der Waals surface area contributed by atoms with E-state index < -0.39 is 0 Å². The Morgan fingerprint density at radius 3 is 2.85 bits per heavy atom. The first-order chi connectivity index (χ1) is 6.24. The molecule has 0 aliphatic rings. The Kier molecular flexibility index (Phi) is 1.72. The summed E-state index contributed by atoms with van der Waals surface area (Å²) in [4.78, 5) is 0. The van der Waals surface area contributed by atoms with Gasteiger partial charge >= 0.3 is 0 Å². The lowest BCUT2D eigenvalue weighted by Crippen LogP contribution is -1.89. The molecule has 1 heterocycles. The highest BCUT2D eigenvalue weighted by Crippen LogP contribution is 2.28. The van der Waals surface area contributed by atoms with Gasteiger partial charge in [0.15, 0.2) is 0 Å². The molecule has 1 aromatic carbocycles. The van der Waals surface area contributed by atoms with Crippen LogP contribution in [0.15, 0.2) is 12.3 Å². The average molecular weight is 176 g/mol. The number of benzene rings is 1. The molecule has 0 spiro atoms. The quantitative estimate of drug-likeness (QED) is 0.723. The van der Waals surface area contributed by atoms with Crippen LogP contribution in [-0.4, -0.2) is 17.3 Å².